The van der Waals surface area contributed by atoms with Crippen molar-refractivity contribution >= 4 is 44.9 Å². The number of ether oxygens (including phenoxy) is 2. The zero-order chi connectivity index (χ0) is 16.2. The minimum absolute atomic E-state index is 0.229. The van der Waals surface area contributed by atoms with Gasteiger partial charge < -0.3 is 14.8 Å². The summed E-state index contributed by atoms with van der Waals surface area (Å²) in [5, 5.41) is 5.82. The number of halogens is 1. The van der Waals surface area contributed by atoms with Gasteiger partial charge in [0.1, 0.15) is 13.2 Å². The van der Waals surface area contributed by atoms with E-state index in [4.69, 9.17) is 21.7 Å². The van der Waals surface area contributed by atoms with E-state index in [1.165, 1.54) is 0 Å². The third-order valence-electron chi connectivity index (χ3n) is 3.13. The van der Waals surface area contributed by atoms with E-state index in [2.05, 4.69) is 26.6 Å². The number of hydrogen-bond acceptors (Lipinski definition) is 4. The van der Waals surface area contributed by atoms with Crippen LogP contribution in [0.15, 0.2) is 46.9 Å². The van der Waals surface area contributed by atoms with Crippen LogP contribution in [0.2, 0.25) is 0 Å². The molecule has 1 aliphatic heterocycles. The highest BCUT2D eigenvalue weighted by Gasteiger charge is 2.15. The Morgan fingerprint density at radius 2 is 1.74 bits per heavy atom. The monoisotopic (exact) mass is 392 g/mol. The van der Waals surface area contributed by atoms with E-state index in [0.29, 0.717) is 30.3 Å². The van der Waals surface area contributed by atoms with Crippen LogP contribution in [0.1, 0.15) is 10.4 Å². The Morgan fingerprint density at radius 1 is 1.04 bits per heavy atom. The van der Waals surface area contributed by atoms with E-state index in [1.807, 2.05) is 24.3 Å². The van der Waals surface area contributed by atoms with E-state index in [9.17, 15) is 4.79 Å². The molecule has 1 aliphatic rings. The molecule has 1 heterocycles. The summed E-state index contributed by atoms with van der Waals surface area (Å²) >= 11 is 8.52. The molecule has 23 heavy (non-hydrogen) atoms. The molecular formula is C16H13BrN2O3S. The summed E-state index contributed by atoms with van der Waals surface area (Å²) in [7, 11) is 0. The maximum absolute atomic E-state index is 12.2. The Labute approximate surface area is 147 Å². The van der Waals surface area contributed by atoms with Crippen LogP contribution in [0.25, 0.3) is 0 Å². The fourth-order valence-corrected chi connectivity index (χ4v) is 2.53. The van der Waals surface area contributed by atoms with Gasteiger partial charge in [0.15, 0.2) is 16.6 Å². The molecular weight excluding hydrogens is 380 g/mol. The number of thiocarbonyl (C=S) groups is 1. The van der Waals surface area contributed by atoms with Gasteiger partial charge in [-0.2, -0.15) is 0 Å². The summed E-state index contributed by atoms with van der Waals surface area (Å²) in [6.07, 6.45) is 0. The molecule has 0 aromatic heterocycles. The highest BCUT2D eigenvalue weighted by atomic mass is 79.9. The van der Waals surface area contributed by atoms with Crippen LogP contribution in [0.4, 0.5) is 5.69 Å². The van der Waals surface area contributed by atoms with Crippen LogP contribution in [0, 0.1) is 0 Å². The maximum Gasteiger partial charge on any atom is 0.257 e. The number of fused-ring (bicyclic) bond motifs is 1. The molecule has 3 rings (SSSR count). The van der Waals surface area contributed by atoms with Crippen molar-refractivity contribution in [3.63, 3.8) is 0 Å². The van der Waals surface area contributed by atoms with E-state index in [1.54, 1.807) is 18.2 Å². The Morgan fingerprint density at radius 3 is 2.48 bits per heavy atom. The highest BCUT2D eigenvalue weighted by molar-refractivity contribution is 9.10. The average molecular weight is 393 g/mol. The van der Waals surface area contributed by atoms with Gasteiger partial charge in [-0.15, -0.1) is 0 Å². The Balaban J connectivity index is 1.64. The van der Waals surface area contributed by atoms with Gasteiger partial charge in [-0.3, -0.25) is 10.1 Å². The number of anilines is 1. The lowest BCUT2D eigenvalue weighted by atomic mass is 10.2. The van der Waals surface area contributed by atoms with Crippen LogP contribution >= 0.6 is 28.1 Å². The first kappa shape index (κ1) is 15.8. The first-order valence-corrected chi connectivity index (χ1v) is 8.09. The second-order valence-electron chi connectivity index (χ2n) is 4.77. The third-order valence-corrected chi connectivity index (χ3v) is 3.87. The predicted molar refractivity (Wildman–Crippen MR) is 95.3 cm³/mol. The van der Waals surface area contributed by atoms with E-state index >= 15 is 0 Å². The normalized spacial score (nSPS) is 12.4. The maximum atomic E-state index is 12.2. The molecule has 0 radical (unpaired) electrons. The van der Waals surface area contributed by atoms with Crippen LogP contribution in [-0.2, 0) is 0 Å². The quantitative estimate of drug-likeness (QED) is 0.767. The molecule has 0 aliphatic carbocycles. The molecule has 1 amide bonds. The SMILES string of the molecule is O=C(NC(=S)Nc1ccc(Br)cc1)c1ccc2c(c1)OCCO2. The Hall–Kier alpha value is -2.12. The lowest BCUT2D eigenvalue weighted by molar-refractivity contribution is 0.0976. The van der Waals surface area contributed by atoms with Gasteiger partial charge in [-0.05, 0) is 54.7 Å². The van der Waals surface area contributed by atoms with E-state index in [-0.39, 0.29) is 11.0 Å². The summed E-state index contributed by atoms with van der Waals surface area (Å²) in [5.41, 5.74) is 1.25. The summed E-state index contributed by atoms with van der Waals surface area (Å²) < 4.78 is 11.9. The van der Waals surface area contributed by atoms with Crippen molar-refractivity contribution < 1.29 is 14.3 Å². The topological polar surface area (TPSA) is 59.6 Å². The van der Waals surface area contributed by atoms with Gasteiger partial charge in [0.2, 0.25) is 0 Å². The predicted octanol–water partition coefficient (Wildman–Crippen LogP) is 3.35. The summed E-state index contributed by atoms with van der Waals surface area (Å²) in [5.74, 6) is 0.899. The zero-order valence-corrected chi connectivity index (χ0v) is 14.4. The third kappa shape index (κ3) is 4.00. The number of nitrogens with one attached hydrogen (secondary N) is 2. The average Bonchev–Trinajstić information content (AvgIpc) is 2.56. The lowest BCUT2D eigenvalue weighted by Gasteiger charge is -2.18. The van der Waals surface area contributed by atoms with Gasteiger partial charge in [-0.25, -0.2) is 0 Å². The first-order valence-electron chi connectivity index (χ1n) is 6.89. The van der Waals surface area contributed by atoms with E-state index in [0.717, 1.165) is 10.2 Å². The lowest BCUT2D eigenvalue weighted by Crippen LogP contribution is -2.34. The van der Waals surface area contributed by atoms with Crippen molar-refractivity contribution in [3.05, 3.63) is 52.5 Å². The van der Waals surface area contributed by atoms with Gasteiger partial charge >= 0.3 is 0 Å². The van der Waals surface area contributed by atoms with Crippen molar-refractivity contribution in [1.82, 2.24) is 5.32 Å². The molecule has 0 fully saturated rings. The number of carbonyl (C=O) groups is 1. The Kier molecular flexibility index (Phi) is 4.78. The number of benzene rings is 2. The molecule has 118 valence electrons. The second kappa shape index (κ2) is 6.97. The van der Waals surface area contributed by atoms with Crippen molar-refractivity contribution in [1.29, 1.82) is 0 Å². The number of hydrogen-bond donors (Lipinski definition) is 2. The van der Waals surface area contributed by atoms with Crippen molar-refractivity contribution in [2.75, 3.05) is 18.5 Å². The highest BCUT2D eigenvalue weighted by Crippen LogP contribution is 2.30. The first-order chi connectivity index (χ1) is 11.1. The second-order valence-corrected chi connectivity index (χ2v) is 6.10. The molecule has 0 atom stereocenters. The summed E-state index contributed by atoms with van der Waals surface area (Å²) in [6.45, 7) is 0.987. The number of rotatable bonds is 2. The number of carbonyl (C=O) groups excluding carboxylic acids is 1. The van der Waals surface area contributed by atoms with Crippen LogP contribution in [0.3, 0.4) is 0 Å². The largest absolute Gasteiger partial charge is 0.486 e. The van der Waals surface area contributed by atoms with Crippen LogP contribution in [-0.4, -0.2) is 24.2 Å². The molecule has 2 aromatic rings. The van der Waals surface area contributed by atoms with Crippen LogP contribution < -0.4 is 20.1 Å². The smallest absolute Gasteiger partial charge is 0.257 e. The molecule has 7 heteroatoms. The molecule has 2 N–H and O–H groups in total. The summed E-state index contributed by atoms with van der Waals surface area (Å²) in [6, 6.07) is 12.5. The Bertz CT molecular complexity index is 749. The standard InChI is InChI=1S/C16H13BrN2O3S/c17-11-2-4-12(5-3-11)18-16(23)19-15(20)10-1-6-13-14(9-10)22-8-7-21-13/h1-6,9H,7-8H2,(H2,18,19,20,23). The minimum atomic E-state index is -0.309. The molecule has 0 unspecified atom stereocenters. The minimum Gasteiger partial charge on any atom is -0.486 e. The van der Waals surface area contributed by atoms with Crippen molar-refractivity contribution in [2.24, 2.45) is 0 Å². The molecule has 0 saturated heterocycles. The molecule has 2 aromatic carbocycles. The van der Waals surface area contributed by atoms with Crippen molar-refractivity contribution in [2.45, 2.75) is 0 Å². The zero-order valence-electron chi connectivity index (χ0n) is 12.0. The summed E-state index contributed by atoms with van der Waals surface area (Å²) in [4.78, 5) is 12.2. The molecule has 0 saturated carbocycles. The van der Waals surface area contributed by atoms with Gasteiger partial charge in [-0.1, -0.05) is 15.9 Å². The molecule has 0 bridgehead atoms. The molecule has 0 spiro atoms. The van der Waals surface area contributed by atoms with E-state index < -0.39 is 0 Å². The van der Waals surface area contributed by atoms with Gasteiger partial charge in [0, 0.05) is 15.7 Å². The number of amides is 1. The molecule has 5 nitrogen and oxygen atoms in total. The van der Waals surface area contributed by atoms with Crippen LogP contribution in [0.5, 0.6) is 11.5 Å². The van der Waals surface area contributed by atoms with Crippen molar-refractivity contribution in [3.8, 4) is 11.5 Å². The van der Waals surface area contributed by atoms with Gasteiger partial charge in [0.05, 0.1) is 0 Å². The van der Waals surface area contributed by atoms with Gasteiger partial charge in [0.25, 0.3) is 5.91 Å². The fraction of sp³-hybridized carbons (Fsp3) is 0.125. The fourth-order valence-electron chi connectivity index (χ4n) is 2.06.